The number of phenolic OH excluding ortho intramolecular Hbond substituents is 1. The van der Waals surface area contributed by atoms with Crippen molar-refractivity contribution in [3.63, 3.8) is 0 Å². The summed E-state index contributed by atoms with van der Waals surface area (Å²) in [6, 6.07) is 10.6. The van der Waals surface area contributed by atoms with Crippen LogP contribution in [-0.4, -0.2) is 68.8 Å². The van der Waals surface area contributed by atoms with Crippen molar-refractivity contribution >= 4 is 17.1 Å². The number of anilines is 2. The summed E-state index contributed by atoms with van der Waals surface area (Å²) in [4.78, 5) is 4.63. The first kappa shape index (κ1) is 21.6. The van der Waals surface area contributed by atoms with E-state index in [-0.39, 0.29) is 23.5 Å². The number of aromatic hydroxyl groups is 2. The van der Waals surface area contributed by atoms with Crippen molar-refractivity contribution in [1.29, 1.82) is 5.41 Å². The Hall–Kier alpha value is -3.59. The van der Waals surface area contributed by atoms with Crippen LogP contribution in [0.1, 0.15) is 19.4 Å². The fourth-order valence-corrected chi connectivity index (χ4v) is 3.89. The molecule has 32 heavy (non-hydrogen) atoms. The average molecular weight is 436 g/mol. The van der Waals surface area contributed by atoms with Crippen LogP contribution in [0.4, 0.5) is 11.4 Å². The molecule has 9 nitrogen and oxygen atoms in total. The fourth-order valence-electron chi connectivity index (χ4n) is 3.89. The molecule has 1 fully saturated rings. The molecule has 2 aromatic carbocycles. The minimum atomic E-state index is -0.288. The normalized spacial score (nSPS) is 14.8. The lowest BCUT2D eigenvalue weighted by molar-refractivity contribution is 0.313. The predicted octanol–water partition coefficient (Wildman–Crippen LogP) is 2.70. The van der Waals surface area contributed by atoms with Crippen LogP contribution in [-0.2, 0) is 0 Å². The standard InChI is InChI=1S/C23H29N7O2/c1-14(2)21(25)17-12-18(20(31)13-19(17)24)22-26-27-23(32)30(22)16-6-4-15(5-7-16)29-10-8-28(3)9-11-29/h4-7,12-14,25,31H,8-11,24H2,1-3H3,(H,27,32). The summed E-state index contributed by atoms with van der Waals surface area (Å²) in [6.07, 6.45) is 0. The summed E-state index contributed by atoms with van der Waals surface area (Å²) in [7, 11) is 2.12. The molecule has 5 N–H and O–H groups in total. The minimum absolute atomic E-state index is 0.0388. The molecule has 0 aliphatic carbocycles. The smallest absolute Gasteiger partial charge is 0.319 e. The number of phenols is 1. The van der Waals surface area contributed by atoms with Gasteiger partial charge in [-0.1, -0.05) is 18.9 Å². The van der Waals surface area contributed by atoms with Crippen LogP contribution in [0.3, 0.4) is 0 Å². The van der Waals surface area contributed by atoms with Crippen molar-refractivity contribution in [3.05, 3.63) is 42.0 Å². The Bertz CT molecular complexity index is 1130. The summed E-state index contributed by atoms with van der Waals surface area (Å²) < 4.78 is 1.47. The molecule has 4 rings (SSSR count). The van der Waals surface area contributed by atoms with Gasteiger partial charge in [-0.3, -0.25) is 0 Å². The van der Waals surface area contributed by atoms with E-state index in [1.807, 2.05) is 38.1 Å². The zero-order chi connectivity index (χ0) is 23.0. The number of benzene rings is 2. The van der Waals surface area contributed by atoms with Gasteiger partial charge in [0.25, 0.3) is 0 Å². The van der Waals surface area contributed by atoms with Crippen LogP contribution in [0, 0.1) is 11.3 Å². The van der Waals surface area contributed by atoms with E-state index in [9.17, 15) is 10.2 Å². The van der Waals surface area contributed by atoms with E-state index in [2.05, 4.69) is 27.0 Å². The highest BCUT2D eigenvalue weighted by molar-refractivity contribution is 6.05. The molecule has 1 saturated heterocycles. The molecular formula is C23H29N7O2. The summed E-state index contributed by atoms with van der Waals surface area (Å²) in [5, 5.41) is 37.3. The van der Waals surface area contributed by atoms with Crippen molar-refractivity contribution in [3.8, 4) is 28.8 Å². The lowest BCUT2D eigenvalue weighted by atomic mass is 9.96. The van der Waals surface area contributed by atoms with Gasteiger partial charge in [-0.25, -0.2) is 4.57 Å². The molecule has 1 aliphatic heterocycles. The van der Waals surface area contributed by atoms with Crippen molar-refractivity contribution in [1.82, 2.24) is 19.7 Å². The van der Waals surface area contributed by atoms with E-state index in [0.29, 0.717) is 28.2 Å². The van der Waals surface area contributed by atoms with Gasteiger partial charge < -0.3 is 31.2 Å². The molecule has 9 heteroatoms. The van der Waals surface area contributed by atoms with Crippen LogP contribution in [0.2, 0.25) is 0 Å². The summed E-state index contributed by atoms with van der Waals surface area (Å²) in [5.74, 6) is 0.138. The lowest BCUT2D eigenvalue weighted by Gasteiger charge is -2.34. The van der Waals surface area contributed by atoms with Crippen molar-refractivity contribution < 1.29 is 10.2 Å². The number of nitrogens with zero attached hydrogens (tertiary/aromatic N) is 5. The SMILES string of the molecule is CC(C)C(=N)c1cc(-c2nnc(O)n2-c2ccc(N3CCN(C)CC3)cc2)c(O)cc1N. The number of nitrogen functional groups attached to an aromatic ring is 1. The Morgan fingerprint density at radius 1 is 1.00 bits per heavy atom. The summed E-state index contributed by atoms with van der Waals surface area (Å²) >= 11 is 0. The third-order valence-corrected chi connectivity index (χ3v) is 5.90. The maximum atomic E-state index is 10.6. The molecule has 0 amide bonds. The molecule has 0 bridgehead atoms. The number of rotatable bonds is 5. The molecule has 0 saturated carbocycles. The fraction of sp³-hybridized carbons (Fsp3) is 0.348. The Morgan fingerprint density at radius 2 is 1.62 bits per heavy atom. The summed E-state index contributed by atoms with van der Waals surface area (Å²) in [5.41, 5.74) is 9.37. The van der Waals surface area contributed by atoms with Crippen molar-refractivity contribution in [2.75, 3.05) is 43.9 Å². The molecule has 3 aromatic rings. The second kappa shape index (κ2) is 8.51. The monoisotopic (exact) mass is 435 g/mol. The zero-order valence-corrected chi connectivity index (χ0v) is 18.6. The van der Waals surface area contributed by atoms with E-state index in [0.717, 1.165) is 31.9 Å². The van der Waals surface area contributed by atoms with Gasteiger partial charge in [-0.05, 0) is 43.3 Å². The first-order valence-electron chi connectivity index (χ1n) is 10.7. The highest BCUT2D eigenvalue weighted by atomic mass is 16.3. The Labute approximate surface area is 187 Å². The summed E-state index contributed by atoms with van der Waals surface area (Å²) in [6.45, 7) is 7.77. The van der Waals surface area contributed by atoms with Gasteiger partial charge >= 0.3 is 6.01 Å². The Morgan fingerprint density at radius 3 is 2.25 bits per heavy atom. The molecule has 1 aromatic heterocycles. The number of aromatic nitrogens is 3. The van der Waals surface area contributed by atoms with E-state index in [1.165, 1.54) is 10.6 Å². The third kappa shape index (κ3) is 3.99. The number of nitrogens with one attached hydrogen (secondary N) is 1. The van der Waals surface area contributed by atoms with Gasteiger partial charge in [0, 0.05) is 54.9 Å². The van der Waals surface area contributed by atoms with Gasteiger partial charge in [0.2, 0.25) is 0 Å². The van der Waals surface area contributed by atoms with Gasteiger partial charge in [0.05, 0.1) is 11.3 Å². The first-order valence-corrected chi connectivity index (χ1v) is 10.7. The van der Waals surface area contributed by atoms with Crippen LogP contribution in [0.5, 0.6) is 11.8 Å². The van der Waals surface area contributed by atoms with E-state index in [4.69, 9.17) is 11.1 Å². The number of likely N-dealkylation sites (N-methyl/N-ethyl adjacent to an activating group) is 1. The molecular weight excluding hydrogens is 406 g/mol. The van der Waals surface area contributed by atoms with Crippen LogP contribution >= 0.6 is 0 Å². The number of nitrogens with two attached hydrogens (primary N) is 1. The zero-order valence-electron chi connectivity index (χ0n) is 18.6. The van der Waals surface area contributed by atoms with E-state index >= 15 is 0 Å². The highest BCUT2D eigenvalue weighted by Gasteiger charge is 2.22. The quantitative estimate of drug-likeness (QED) is 0.358. The Balaban J connectivity index is 1.72. The van der Waals surface area contributed by atoms with Gasteiger partial charge in [0.15, 0.2) is 5.82 Å². The first-order chi connectivity index (χ1) is 15.3. The molecule has 0 radical (unpaired) electrons. The average Bonchev–Trinajstić information content (AvgIpc) is 3.15. The minimum Gasteiger partial charge on any atom is -0.507 e. The maximum Gasteiger partial charge on any atom is 0.319 e. The lowest BCUT2D eigenvalue weighted by Crippen LogP contribution is -2.44. The van der Waals surface area contributed by atoms with Crippen LogP contribution in [0.15, 0.2) is 36.4 Å². The molecule has 0 atom stereocenters. The molecule has 1 aliphatic rings. The molecule has 2 heterocycles. The number of hydrogen-bond acceptors (Lipinski definition) is 8. The van der Waals surface area contributed by atoms with Gasteiger partial charge in [0.1, 0.15) is 5.75 Å². The molecule has 168 valence electrons. The number of hydrogen-bond donors (Lipinski definition) is 4. The highest BCUT2D eigenvalue weighted by Crippen LogP contribution is 2.36. The molecule has 0 unspecified atom stereocenters. The van der Waals surface area contributed by atoms with Crippen LogP contribution in [0.25, 0.3) is 17.1 Å². The predicted molar refractivity (Wildman–Crippen MR) is 126 cm³/mol. The second-order valence-corrected chi connectivity index (χ2v) is 8.49. The topological polar surface area (TPSA) is 128 Å². The van der Waals surface area contributed by atoms with Crippen molar-refractivity contribution in [2.24, 2.45) is 5.92 Å². The van der Waals surface area contributed by atoms with Gasteiger partial charge in [-0.15, -0.1) is 5.10 Å². The number of piperazine rings is 1. The maximum absolute atomic E-state index is 10.6. The van der Waals surface area contributed by atoms with Crippen molar-refractivity contribution in [2.45, 2.75) is 13.8 Å². The van der Waals surface area contributed by atoms with E-state index < -0.39 is 0 Å². The second-order valence-electron chi connectivity index (χ2n) is 8.49. The Kier molecular flexibility index (Phi) is 5.75. The van der Waals surface area contributed by atoms with Gasteiger partial charge in [-0.2, -0.15) is 0 Å². The molecule has 0 spiro atoms. The largest absolute Gasteiger partial charge is 0.507 e. The van der Waals surface area contributed by atoms with E-state index in [1.54, 1.807) is 6.07 Å². The third-order valence-electron chi connectivity index (χ3n) is 5.90. The van der Waals surface area contributed by atoms with Crippen LogP contribution < -0.4 is 10.6 Å².